The van der Waals surface area contributed by atoms with Crippen LogP contribution in [0.2, 0.25) is 0 Å². The number of hydrogen-bond acceptors (Lipinski definition) is 16. The molecule has 18 heteroatoms. The molecular weight excluding hydrogens is 689 g/mol. The largest absolute Gasteiger partial charge is 0.489 e. The molecule has 2 atom stereocenters. The van der Waals surface area contributed by atoms with Crippen molar-refractivity contribution in [2.45, 2.75) is 21.4 Å². The van der Waals surface area contributed by atoms with Crippen molar-refractivity contribution >= 4 is 82.9 Å². The van der Waals surface area contributed by atoms with Gasteiger partial charge in [0.25, 0.3) is 0 Å². The van der Waals surface area contributed by atoms with E-state index >= 15 is 0 Å². The van der Waals surface area contributed by atoms with Crippen molar-refractivity contribution in [3.63, 3.8) is 0 Å². The number of carboxylic acid groups (broad SMARTS) is 2. The lowest BCUT2D eigenvalue weighted by Gasteiger charge is -2.20. The lowest BCUT2D eigenvalue weighted by atomic mass is 10.3. The highest BCUT2D eigenvalue weighted by Gasteiger charge is 2.28. The quantitative estimate of drug-likeness (QED) is 0.127. The number of carboxylic acids is 2. The Morgan fingerprint density at radius 2 is 1.04 bits per heavy atom. The summed E-state index contributed by atoms with van der Waals surface area (Å²) in [4.78, 5) is 70.3. The standard InChI is InChI=1S/C28H30O14S4/c29-21(30)4-6-23(33)41-19(15-39-25(35)27-43-8-9-44-27)13-37-17-2-1-3-18(12-17)38-14-20(42-24(34)7-5-22(31)32)16-40-26(36)28-45-10-11-46-28/h1-7,12,19-20,27-28H,8-11,13-16H2,(H,29,30)(H,31,32)/b6-4+,7-5+. The topological polar surface area (TPSA) is 198 Å². The minimum Gasteiger partial charge on any atom is -0.489 e. The number of hydrogen-bond donors (Lipinski definition) is 2. The number of thioether (sulfide) groups is 4. The van der Waals surface area contributed by atoms with Gasteiger partial charge in [-0.05, 0) is 12.1 Å². The molecule has 0 aliphatic carbocycles. The van der Waals surface area contributed by atoms with Gasteiger partial charge in [0.05, 0.1) is 0 Å². The van der Waals surface area contributed by atoms with Gasteiger partial charge in [-0.3, -0.25) is 0 Å². The van der Waals surface area contributed by atoms with Gasteiger partial charge in [0.2, 0.25) is 0 Å². The van der Waals surface area contributed by atoms with Crippen molar-refractivity contribution in [1.82, 2.24) is 0 Å². The third kappa shape index (κ3) is 14.3. The highest BCUT2D eigenvalue weighted by atomic mass is 32.2. The molecule has 2 unspecified atom stereocenters. The van der Waals surface area contributed by atoms with Crippen LogP contribution in [0.5, 0.6) is 11.5 Å². The van der Waals surface area contributed by atoms with Crippen LogP contribution in [0.1, 0.15) is 0 Å². The van der Waals surface area contributed by atoms with Gasteiger partial charge in [-0.15, -0.1) is 47.0 Å². The molecule has 1 aromatic rings. The monoisotopic (exact) mass is 718 g/mol. The van der Waals surface area contributed by atoms with Crippen LogP contribution in [-0.4, -0.2) is 117 Å². The van der Waals surface area contributed by atoms with Crippen molar-refractivity contribution < 1.29 is 67.4 Å². The summed E-state index contributed by atoms with van der Waals surface area (Å²) in [6.07, 6.45) is 0.503. The zero-order valence-electron chi connectivity index (χ0n) is 24.0. The fraction of sp³-hybridized carbons (Fsp3) is 0.429. The van der Waals surface area contributed by atoms with Crippen LogP contribution in [0.25, 0.3) is 0 Å². The summed E-state index contributed by atoms with van der Waals surface area (Å²) in [7, 11) is 0. The Bertz CT molecular complexity index is 1200. The number of ether oxygens (including phenoxy) is 6. The SMILES string of the molecule is O=C(O)/C=C/C(=O)OC(COC(=O)C1SCCS1)COc1cccc(OCC(COC(=O)C2SCCS2)OC(=O)/C=C/C(=O)O)c1. The molecule has 1 aromatic carbocycles. The van der Waals surface area contributed by atoms with Gasteiger partial charge in [0.1, 0.15) is 47.1 Å². The lowest BCUT2D eigenvalue weighted by Crippen LogP contribution is -2.32. The van der Waals surface area contributed by atoms with Gasteiger partial charge < -0.3 is 38.6 Å². The number of rotatable bonds is 18. The molecule has 14 nitrogen and oxygen atoms in total. The van der Waals surface area contributed by atoms with Gasteiger partial charge >= 0.3 is 35.8 Å². The van der Waals surface area contributed by atoms with Gasteiger partial charge in [-0.2, -0.15) is 0 Å². The van der Waals surface area contributed by atoms with Crippen molar-refractivity contribution in [2.75, 3.05) is 49.4 Å². The highest BCUT2D eigenvalue weighted by molar-refractivity contribution is 8.21. The normalized spacial score (nSPS) is 16.5. The molecule has 2 saturated heterocycles. The smallest absolute Gasteiger partial charge is 0.331 e. The van der Waals surface area contributed by atoms with Gasteiger partial charge in [-0.25, -0.2) is 28.8 Å². The molecule has 2 aliphatic heterocycles. The van der Waals surface area contributed by atoms with E-state index in [2.05, 4.69) is 0 Å². The second-order valence-corrected chi connectivity index (χ2v) is 14.4. The van der Waals surface area contributed by atoms with Crippen molar-refractivity contribution in [3.05, 3.63) is 48.6 Å². The van der Waals surface area contributed by atoms with Gasteiger partial charge in [0.15, 0.2) is 12.2 Å². The molecule has 0 saturated carbocycles. The first-order valence-electron chi connectivity index (χ1n) is 13.5. The number of carbonyl (C=O) groups is 6. The minimum absolute atomic E-state index is 0.257. The number of benzene rings is 1. The van der Waals surface area contributed by atoms with Crippen LogP contribution in [0.15, 0.2) is 48.6 Å². The van der Waals surface area contributed by atoms with E-state index in [1.165, 1.54) is 53.1 Å². The van der Waals surface area contributed by atoms with Crippen molar-refractivity contribution in [1.29, 1.82) is 0 Å². The van der Waals surface area contributed by atoms with E-state index in [4.69, 9.17) is 38.6 Å². The summed E-state index contributed by atoms with van der Waals surface area (Å²) in [5.74, 6) is -1.87. The molecule has 250 valence electrons. The van der Waals surface area contributed by atoms with E-state index in [0.29, 0.717) is 12.2 Å². The Morgan fingerprint density at radius 3 is 1.41 bits per heavy atom. The third-order valence-corrected chi connectivity index (χ3v) is 11.3. The van der Waals surface area contributed by atoms with Crippen molar-refractivity contribution in [3.8, 4) is 11.5 Å². The average Bonchev–Trinajstić information content (AvgIpc) is 3.77. The van der Waals surface area contributed by atoms with E-state index in [0.717, 1.165) is 35.2 Å². The number of carbonyl (C=O) groups excluding carboxylic acids is 4. The maximum atomic E-state index is 12.3. The van der Waals surface area contributed by atoms with E-state index in [9.17, 15) is 28.8 Å². The summed E-state index contributed by atoms with van der Waals surface area (Å²) in [5.41, 5.74) is 0. The molecule has 0 aromatic heterocycles. The first-order chi connectivity index (χ1) is 22.1. The second-order valence-electron chi connectivity index (χ2n) is 8.96. The maximum Gasteiger partial charge on any atom is 0.331 e. The predicted octanol–water partition coefficient (Wildman–Crippen LogP) is 2.25. The zero-order chi connectivity index (χ0) is 33.3. The van der Waals surface area contributed by atoms with Crippen LogP contribution < -0.4 is 9.47 Å². The molecule has 2 heterocycles. The summed E-state index contributed by atoms with van der Waals surface area (Å²) in [6, 6.07) is 6.20. The third-order valence-electron chi connectivity index (χ3n) is 5.42. The minimum atomic E-state index is -1.35. The highest BCUT2D eigenvalue weighted by Crippen LogP contribution is 2.33. The molecule has 3 rings (SSSR count). The molecular formula is C28H30O14S4. The van der Waals surface area contributed by atoms with Crippen molar-refractivity contribution in [2.24, 2.45) is 0 Å². The average molecular weight is 719 g/mol. The molecule has 2 N–H and O–H groups in total. The van der Waals surface area contributed by atoms with Crippen LogP contribution in [0, 0.1) is 0 Å². The van der Waals surface area contributed by atoms with Gasteiger partial charge in [0, 0.05) is 53.4 Å². The van der Waals surface area contributed by atoms with E-state index in [1.54, 1.807) is 18.2 Å². The predicted molar refractivity (Wildman–Crippen MR) is 170 cm³/mol. The van der Waals surface area contributed by atoms with Gasteiger partial charge in [-0.1, -0.05) is 6.07 Å². The molecule has 46 heavy (non-hydrogen) atoms. The number of aliphatic carboxylic acids is 2. The molecule has 0 bridgehead atoms. The summed E-state index contributed by atoms with van der Waals surface area (Å²) in [5, 5.41) is 17.5. The first kappa shape index (κ1) is 37.0. The summed E-state index contributed by atoms with van der Waals surface area (Å²) in [6.45, 7) is -1.20. The number of esters is 4. The van der Waals surface area contributed by atoms with E-state index in [-0.39, 0.29) is 37.9 Å². The fourth-order valence-electron chi connectivity index (χ4n) is 3.43. The Labute approximate surface area is 280 Å². The molecule has 2 aliphatic rings. The molecule has 2 fully saturated rings. The zero-order valence-corrected chi connectivity index (χ0v) is 27.3. The van der Waals surface area contributed by atoms with Crippen LogP contribution in [0.4, 0.5) is 0 Å². The fourth-order valence-corrected chi connectivity index (χ4v) is 8.56. The van der Waals surface area contributed by atoms with E-state index < -0.39 is 57.2 Å². The maximum absolute atomic E-state index is 12.3. The second kappa shape index (κ2) is 19.9. The lowest BCUT2D eigenvalue weighted by molar-refractivity contribution is -0.156. The van der Waals surface area contributed by atoms with Crippen LogP contribution in [-0.2, 0) is 47.7 Å². The Morgan fingerprint density at radius 1 is 0.652 bits per heavy atom. The first-order valence-corrected chi connectivity index (χ1v) is 17.7. The molecule has 0 spiro atoms. The van der Waals surface area contributed by atoms with E-state index in [1.807, 2.05) is 0 Å². The summed E-state index contributed by atoms with van der Waals surface area (Å²) < 4.78 is 31.7. The van der Waals surface area contributed by atoms with Crippen LogP contribution in [0.3, 0.4) is 0 Å². The molecule has 0 radical (unpaired) electrons. The Kier molecular flexibility index (Phi) is 16.0. The molecule has 0 amide bonds. The van der Waals surface area contributed by atoms with Crippen LogP contribution >= 0.6 is 47.0 Å². The Hall–Kier alpha value is -3.48. The Balaban J connectivity index is 1.59. The summed E-state index contributed by atoms with van der Waals surface area (Å²) >= 11 is 5.76.